The summed E-state index contributed by atoms with van der Waals surface area (Å²) in [7, 11) is 0. The summed E-state index contributed by atoms with van der Waals surface area (Å²) in [6.07, 6.45) is 6.08. The van der Waals surface area contributed by atoms with Gasteiger partial charge in [-0.25, -0.2) is 9.18 Å². The van der Waals surface area contributed by atoms with Crippen LogP contribution in [0.25, 0.3) is 11.3 Å². The first-order valence-corrected chi connectivity index (χ1v) is 8.44. The van der Waals surface area contributed by atoms with Gasteiger partial charge in [-0.1, -0.05) is 6.07 Å². The number of nitrogens with zero attached hydrogens (tertiary/aromatic N) is 2. The van der Waals surface area contributed by atoms with E-state index in [1.54, 1.807) is 12.3 Å². The highest BCUT2D eigenvalue weighted by atomic mass is 19.1. The predicted octanol–water partition coefficient (Wildman–Crippen LogP) is 4.35. The highest BCUT2D eigenvalue weighted by Gasteiger charge is 2.44. The second-order valence-corrected chi connectivity index (χ2v) is 6.67. The molecule has 1 aromatic carbocycles. The summed E-state index contributed by atoms with van der Waals surface area (Å²) in [5, 5.41) is 2.76. The van der Waals surface area contributed by atoms with E-state index in [-0.39, 0.29) is 11.7 Å². The number of rotatable bonds is 2. The molecule has 2 aliphatic heterocycles. The molecule has 2 saturated heterocycles. The van der Waals surface area contributed by atoms with E-state index in [2.05, 4.69) is 10.3 Å². The highest BCUT2D eigenvalue weighted by Crippen LogP contribution is 2.38. The second-order valence-electron chi connectivity index (χ2n) is 6.67. The Hall–Kier alpha value is -2.43. The largest absolute Gasteiger partial charge is 0.322 e. The van der Waals surface area contributed by atoms with Crippen molar-refractivity contribution in [1.82, 2.24) is 9.88 Å². The van der Waals surface area contributed by atoms with E-state index in [9.17, 15) is 9.18 Å². The minimum atomic E-state index is -0.411. The molecule has 124 valence electrons. The number of carbonyl (C=O) groups excluding carboxylic acids is 1. The van der Waals surface area contributed by atoms with E-state index in [0.29, 0.717) is 12.1 Å². The molecule has 0 spiro atoms. The Bertz CT molecular complexity index is 764. The van der Waals surface area contributed by atoms with Crippen molar-refractivity contribution in [3.8, 4) is 11.3 Å². The van der Waals surface area contributed by atoms with Crippen LogP contribution in [0.4, 0.5) is 14.9 Å². The van der Waals surface area contributed by atoms with Crippen molar-refractivity contribution in [1.29, 1.82) is 0 Å². The SMILES string of the molecule is Cc1cc(F)c(NC(=O)N2C3CCCC2C3)cc1-c1ccccn1. The zero-order valence-corrected chi connectivity index (χ0v) is 13.6. The molecule has 2 aliphatic rings. The predicted molar refractivity (Wildman–Crippen MR) is 91.3 cm³/mol. The normalized spacial score (nSPS) is 22.0. The Labute approximate surface area is 140 Å². The quantitative estimate of drug-likeness (QED) is 0.892. The van der Waals surface area contributed by atoms with Gasteiger partial charge in [0.05, 0.1) is 11.4 Å². The number of carbonyl (C=O) groups is 1. The minimum absolute atomic E-state index is 0.189. The molecule has 4 nitrogen and oxygen atoms in total. The van der Waals surface area contributed by atoms with E-state index < -0.39 is 5.82 Å². The molecule has 2 aromatic rings. The lowest BCUT2D eigenvalue weighted by atomic mass is 9.80. The smallest absolute Gasteiger partial charge is 0.318 e. The maximum Gasteiger partial charge on any atom is 0.322 e. The lowest BCUT2D eigenvalue weighted by molar-refractivity contribution is 0.0173. The van der Waals surface area contributed by atoms with E-state index in [1.165, 1.54) is 12.5 Å². The van der Waals surface area contributed by atoms with Crippen LogP contribution in [0.3, 0.4) is 0 Å². The number of urea groups is 1. The van der Waals surface area contributed by atoms with Gasteiger partial charge in [0.1, 0.15) is 5.82 Å². The molecule has 3 heterocycles. The van der Waals surface area contributed by atoms with E-state index in [0.717, 1.165) is 36.1 Å². The molecule has 2 bridgehead atoms. The number of pyridine rings is 1. The highest BCUT2D eigenvalue weighted by molar-refractivity contribution is 5.91. The molecule has 2 atom stereocenters. The lowest BCUT2D eigenvalue weighted by Gasteiger charge is -2.52. The molecule has 2 fully saturated rings. The fourth-order valence-electron chi connectivity index (χ4n) is 3.88. The molecule has 1 N–H and O–H groups in total. The van der Waals surface area contributed by atoms with Gasteiger partial charge in [0.25, 0.3) is 0 Å². The standard InChI is InChI=1S/C19H20FN3O/c1-12-9-16(20)18(11-15(12)17-7-2-3-8-21-17)22-19(24)23-13-5-4-6-14(23)10-13/h2-3,7-9,11,13-14H,4-6,10H2,1H3,(H,22,24). The number of benzene rings is 1. The van der Waals surface area contributed by atoms with Gasteiger partial charge in [-0.05, 0) is 62.4 Å². The number of fused-ring (bicyclic) bond motifs is 2. The number of amides is 2. The van der Waals surface area contributed by atoms with Crippen molar-refractivity contribution >= 4 is 11.7 Å². The number of aryl methyl sites for hydroxylation is 1. The summed E-state index contributed by atoms with van der Waals surface area (Å²) < 4.78 is 14.3. The van der Waals surface area contributed by atoms with Crippen LogP contribution >= 0.6 is 0 Å². The van der Waals surface area contributed by atoms with Gasteiger partial charge < -0.3 is 10.2 Å². The molecule has 1 aromatic heterocycles. The molecule has 0 aliphatic carbocycles. The topological polar surface area (TPSA) is 45.2 Å². The van der Waals surface area contributed by atoms with E-state index in [1.807, 2.05) is 30.0 Å². The fraction of sp³-hybridized carbons (Fsp3) is 0.368. The number of halogens is 1. The summed E-state index contributed by atoms with van der Waals surface area (Å²) in [6.45, 7) is 1.85. The summed E-state index contributed by atoms with van der Waals surface area (Å²) in [5.41, 5.74) is 2.61. The molecular weight excluding hydrogens is 305 g/mol. The van der Waals surface area contributed by atoms with Crippen molar-refractivity contribution < 1.29 is 9.18 Å². The average Bonchev–Trinajstić information content (AvgIpc) is 2.58. The molecule has 2 amide bonds. The van der Waals surface area contributed by atoms with Crippen LogP contribution in [0.5, 0.6) is 0 Å². The third-order valence-electron chi connectivity index (χ3n) is 5.14. The third kappa shape index (κ3) is 2.54. The van der Waals surface area contributed by atoms with Gasteiger partial charge in [-0.15, -0.1) is 0 Å². The lowest BCUT2D eigenvalue weighted by Crippen LogP contribution is -2.62. The third-order valence-corrected chi connectivity index (χ3v) is 5.14. The number of hydrogen-bond donors (Lipinski definition) is 1. The Morgan fingerprint density at radius 2 is 2.08 bits per heavy atom. The maximum atomic E-state index is 14.3. The van der Waals surface area contributed by atoms with E-state index >= 15 is 0 Å². The molecule has 0 radical (unpaired) electrons. The average molecular weight is 325 g/mol. The van der Waals surface area contributed by atoms with Crippen LogP contribution in [0.2, 0.25) is 0 Å². The van der Waals surface area contributed by atoms with Crippen LogP contribution in [0.15, 0.2) is 36.5 Å². The van der Waals surface area contributed by atoms with Gasteiger partial charge in [-0.2, -0.15) is 0 Å². The van der Waals surface area contributed by atoms with Gasteiger partial charge in [-0.3, -0.25) is 4.98 Å². The Balaban J connectivity index is 1.60. The Morgan fingerprint density at radius 3 is 2.75 bits per heavy atom. The summed E-state index contributed by atoms with van der Waals surface area (Å²) in [5.74, 6) is -0.411. The Morgan fingerprint density at radius 1 is 1.29 bits per heavy atom. The Kier molecular flexibility index (Phi) is 3.71. The number of aromatic nitrogens is 1. The van der Waals surface area contributed by atoms with Crippen molar-refractivity contribution in [3.63, 3.8) is 0 Å². The zero-order chi connectivity index (χ0) is 16.7. The minimum Gasteiger partial charge on any atom is -0.318 e. The first kappa shape index (κ1) is 15.1. The van der Waals surface area contributed by atoms with Crippen molar-refractivity contribution in [3.05, 3.63) is 47.9 Å². The monoisotopic (exact) mass is 325 g/mol. The van der Waals surface area contributed by atoms with Gasteiger partial charge in [0, 0.05) is 23.8 Å². The van der Waals surface area contributed by atoms with Crippen molar-refractivity contribution in [2.45, 2.75) is 44.7 Å². The van der Waals surface area contributed by atoms with Gasteiger partial charge in [0.2, 0.25) is 0 Å². The first-order valence-electron chi connectivity index (χ1n) is 8.44. The van der Waals surface area contributed by atoms with Crippen LogP contribution in [0, 0.1) is 12.7 Å². The molecule has 5 heteroatoms. The van der Waals surface area contributed by atoms with Gasteiger partial charge in [0.15, 0.2) is 0 Å². The number of nitrogens with one attached hydrogen (secondary N) is 1. The van der Waals surface area contributed by atoms with Crippen molar-refractivity contribution in [2.24, 2.45) is 0 Å². The molecule has 24 heavy (non-hydrogen) atoms. The van der Waals surface area contributed by atoms with Crippen LogP contribution in [-0.2, 0) is 0 Å². The van der Waals surface area contributed by atoms with Crippen LogP contribution < -0.4 is 5.32 Å². The zero-order valence-electron chi connectivity index (χ0n) is 13.6. The van der Waals surface area contributed by atoms with Crippen LogP contribution in [0.1, 0.15) is 31.2 Å². The molecule has 4 rings (SSSR count). The molecule has 2 unspecified atom stereocenters. The maximum absolute atomic E-state index is 14.3. The van der Waals surface area contributed by atoms with E-state index in [4.69, 9.17) is 0 Å². The first-order chi connectivity index (χ1) is 11.6. The van der Waals surface area contributed by atoms with Crippen molar-refractivity contribution in [2.75, 3.05) is 5.32 Å². The summed E-state index contributed by atoms with van der Waals surface area (Å²) >= 11 is 0. The fourth-order valence-corrected chi connectivity index (χ4v) is 3.88. The van der Waals surface area contributed by atoms with Crippen LogP contribution in [-0.4, -0.2) is 28.0 Å². The second kappa shape index (κ2) is 5.89. The summed E-state index contributed by atoms with van der Waals surface area (Å²) in [4.78, 5) is 18.7. The van der Waals surface area contributed by atoms with Gasteiger partial charge >= 0.3 is 6.03 Å². The number of piperidine rings is 1. The molecule has 0 saturated carbocycles. The number of anilines is 1. The summed E-state index contributed by atoms with van der Waals surface area (Å²) in [6, 6.07) is 9.21. The number of hydrogen-bond acceptors (Lipinski definition) is 2. The molecular formula is C19H20FN3O.